The third-order valence-electron chi connectivity index (χ3n) is 3.83. The molecule has 0 saturated carbocycles. The van der Waals surface area contributed by atoms with Gasteiger partial charge >= 0.3 is 0 Å². The molecule has 1 saturated heterocycles. The van der Waals surface area contributed by atoms with E-state index in [1.54, 1.807) is 13.0 Å². The van der Waals surface area contributed by atoms with Gasteiger partial charge in [-0.2, -0.15) is 0 Å². The van der Waals surface area contributed by atoms with E-state index in [4.69, 9.17) is 28.9 Å². The summed E-state index contributed by atoms with van der Waals surface area (Å²) in [6.45, 7) is 3.30. The molecule has 1 atom stereocenters. The van der Waals surface area contributed by atoms with Crippen molar-refractivity contribution >= 4 is 41.5 Å². The van der Waals surface area contributed by atoms with Gasteiger partial charge in [-0.25, -0.2) is 0 Å². The molecule has 6 heteroatoms. The van der Waals surface area contributed by atoms with E-state index >= 15 is 0 Å². The van der Waals surface area contributed by atoms with E-state index in [1.807, 2.05) is 17.0 Å². The molecule has 1 aliphatic heterocycles. The first-order valence-corrected chi connectivity index (χ1v) is 7.71. The van der Waals surface area contributed by atoms with Crippen molar-refractivity contribution in [2.24, 2.45) is 11.7 Å². The summed E-state index contributed by atoms with van der Waals surface area (Å²) in [4.78, 5) is 13.7. The predicted molar refractivity (Wildman–Crippen MR) is 90.4 cm³/mol. The van der Waals surface area contributed by atoms with Crippen molar-refractivity contribution in [1.82, 2.24) is 4.90 Å². The van der Waals surface area contributed by atoms with Crippen molar-refractivity contribution in [2.75, 3.05) is 13.1 Å². The number of rotatable bonds is 3. The molecular formula is C15H21Cl3N2O. The van der Waals surface area contributed by atoms with Gasteiger partial charge in [0.2, 0.25) is 5.91 Å². The minimum absolute atomic E-state index is 0. The summed E-state index contributed by atoms with van der Waals surface area (Å²) in [7, 11) is 0. The molecule has 0 unspecified atom stereocenters. The minimum atomic E-state index is -0.408. The number of carbonyl (C=O) groups excluding carboxylic acids is 1. The van der Waals surface area contributed by atoms with Gasteiger partial charge in [-0.3, -0.25) is 4.79 Å². The number of hydrogen-bond acceptors (Lipinski definition) is 2. The lowest BCUT2D eigenvalue weighted by Gasteiger charge is -2.33. The number of piperidine rings is 1. The van der Waals surface area contributed by atoms with Crippen LogP contribution in [0.1, 0.15) is 25.3 Å². The van der Waals surface area contributed by atoms with Crippen LogP contribution in [0.4, 0.5) is 0 Å². The molecule has 1 fully saturated rings. The second kappa shape index (κ2) is 8.23. The Hall–Kier alpha value is -0.480. The molecule has 0 spiro atoms. The highest BCUT2D eigenvalue weighted by molar-refractivity contribution is 6.33. The van der Waals surface area contributed by atoms with E-state index < -0.39 is 6.04 Å². The topological polar surface area (TPSA) is 46.3 Å². The van der Waals surface area contributed by atoms with Crippen LogP contribution in [0.3, 0.4) is 0 Å². The molecule has 1 heterocycles. The number of nitrogens with zero attached hydrogens (tertiary/aromatic N) is 1. The van der Waals surface area contributed by atoms with Gasteiger partial charge in [-0.15, -0.1) is 12.4 Å². The van der Waals surface area contributed by atoms with Crippen molar-refractivity contribution in [2.45, 2.75) is 32.2 Å². The van der Waals surface area contributed by atoms with Crippen molar-refractivity contribution in [3.63, 3.8) is 0 Å². The summed E-state index contributed by atoms with van der Waals surface area (Å²) >= 11 is 12.2. The fraction of sp³-hybridized carbons (Fsp3) is 0.533. The standard InChI is InChI=1S/C15H20Cl2N2O.ClH/c1-10(18)15(20)19-6-4-11(5-7-19)8-12-9-13(16)2-3-14(12)17;/h2-3,9-11H,4-8,18H2,1H3;1H/t10-;/m1./s1. The number of likely N-dealkylation sites (tertiary alicyclic amines) is 1. The molecule has 0 aliphatic carbocycles. The highest BCUT2D eigenvalue weighted by Gasteiger charge is 2.24. The summed E-state index contributed by atoms with van der Waals surface area (Å²) in [6, 6.07) is 5.17. The van der Waals surface area contributed by atoms with Crippen LogP contribution < -0.4 is 5.73 Å². The fourth-order valence-corrected chi connectivity index (χ4v) is 3.05. The molecule has 0 radical (unpaired) electrons. The molecule has 1 amide bonds. The highest BCUT2D eigenvalue weighted by Crippen LogP contribution is 2.27. The van der Waals surface area contributed by atoms with E-state index in [2.05, 4.69) is 0 Å². The molecule has 118 valence electrons. The summed E-state index contributed by atoms with van der Waals surface area (Å²) in [5.41, 5.74) is 6.73. The maximum Gasteiger partial charge on any atom is 0.239 e. The fourth-order valence-electron chi connectivity index (χ4n) is 2.66. The van der Waals surface area contributed by atoms with Gasteiger partial charge in [-0.1, -0.05) is 23.2 Å². The Morgan fingerprint density at radius 3 is 2.57 bits per heavy atom. The van der Waals surface area contributed by atoms with E-state index in [9.17, 15) is 4.79 Å². The Morgan fingerprint density at radius 1 is 1.38 bits per heavy atom. The SMILES string of the molecule is C[C@@H](N)C(=O)N1CCC(Cc2cc(Cl)ccc2Cl)CC1.Cl. The second-order valence-corrected chi connectivity index (χ2v) is 6.34. The molecule has 1 aromatic rings. The van der Waals surface area contributed by atoms with Crippen LogP contribution in [0.2, 0.25) is 10.0 Å². The van der Waals surface area contributed by atoms with Crippen LogP contribution >= 0.6 is 35.6 Å². The third kappa shape index (κ3) is 5.03. The lowest BCUT2D eigenvalue weighted by molar-refractivity contribution is -0.133. The monoisotopic (exact) mass is 350 g/mol. The smallest absolute Gasteiger partial charge is 0.239 e. The molecule has 2 N–H and O–H groups in total. The highest BCUT2D eigenvalue weighted by atomic mass is 35.5. The first-order valence-electron chi connectivity index (χ1n) is 6.95. The van der Waals surface area contributed by atoms with Gasteiger partial charge < -0.3 is 10.6 Å². The van der Waals surface area contributed by atoms with E-state index in [0.717, 1.165) is 42.9 Å². The van der Waals surface area contributed by atoms with Crippen LogP contribution in [0.5, 0.6) is 0 Å². The zero-order chi connectivity index (χ0) is 14.7. The van der Waals surface area contributed by atoms with Crippen molar-refractivity contribution in [1.29, 1.82) is 0 Å². The van der Waals surface area contributed by atoms with E-state index in [1.165, 1.54) is 0 Å². The first-order chi connectivity index (χ1) is 9.47. The number of nitrogens with two attached hydrogens (primary N) is 1. The zero-order valence-electron chi connectivity index (χ0n) is 12.0. The van der Waals surface area contributed by atoms with Gasteiger partial charge in [0.25, 0.3) is 0 Å². The number of amides is 1. The Bertz CT molecular complexity index is 486. The van der Waals surface area contributed by atoms with Crippen LogP contribution in [0.15, 0.2) is 18.2 Å². The van der Waals surface area contributed by atoms with Gasteiger partial charge in [0, 0.05) is 23.1 Å². The number of carbonyl (C=O) groups is 1. The molecule has 3 nitrogen and oxygen atoms in total. The molecule has 0 aromatic heterocycles. The van der Waals surface area contributed by atoms with Gasteiger partial charge in [0.05, 0.1) is 6.04 Å². The summed E-state index contributed by atoms with van der Waals surface area (Å²) in [6.07, 6.45) is 2.89. The summed E-state index contributed by atoms with van der Waals surface area (Å²) in [5, 5.41) is 1.48. The quantitative estimate of drug-likeness (QED) is 0.905. The van der Waals surface area contributed by atoms with Crippen LogP contribution in [-0.2, 0) is 11.2 Å². The normalized spacial score (nSPS) is 17.2. The van der Waals surface area contributed by atoms with Crippen LogP contribution in [0.25, 0.3) is 0 Å². The van der Waals surface area contributed by atoms with Crippen molar-refractivity contribution in [3.05, 3.63) is 33.8 Å². The zero-order valence-corrected chi connectivity index (χ0v) is 14.3. The van der Waals surface area contributed by atoms with Crippen LogP contribution in [0, 0.1) is 5.92 Å². The Kier molecular flexibility index (Phi) is 7.28. The molecule has 2 rings (SSSR count). The molecule has 0 bridgehead atoms. The van der Waals surface area contributed by atoms with Crippen molar-refractivity contribution < 1.29 is 4.79 Å². The Morgan fingerprint density at radius 2 is 2.00 bits per heavy atom. The molecule has 21 heavy (non-hydrogen) atoms. The molecule has 1 aliphatic rings. The number of benzene rings is 1. The number of hydrogen-bond donors (Lipinski definition) is 1. The maximum absolute atomic E-state index is 11.8. The summed E-state index contributed by atoms with van der Waals surface area (Å²) in [5.74, 6) is 0.590. The third-order valence-corrected chi connectivity index (χ3v) is 4.44. The van der Waals surface area contributed by atoms with Gasteiger partial charge in [-0.05, 0) is 55.9 Å². The predicted octanol–water partition coefficient (Wildman–Crippen LogP) is 3.54. The molecular weight excluding hydrogens is 331 g/mol. The number of halogens is 3. The Balaban J connectivity index is 0.00000220. The van der Waals surface area contributed by atoms with E-state index in [0.29, 0.717) is 10.9 Å². The lowest BCUT2D eigenvalue weighted by atomic mass is 9.90. The largest absolute Gasteiger partial charge is 0.341 e. The van der Waals surface area contributed by atoms with E-state index in [-0.39, 0.29) is 18.3 Å². The van der Waals surface area contributed by atoms with Gasteiger partial charge in [0.1, 0.15) is 0 Å². The minimum Gasteiger partial charge on any atom is -0.341 e. The average Bonchev–Trinajstić information content (AvgIpc) is 2.43. The second-order valence-electron chi connectivity index (χ2n) is 5.50. The summed E-state index contributed by atoms with van der Waals surface area (Å²) < 4.78 is 0. The van der Waals surface area contributed by atoms with Gasteiger partial charge in [0.15, 0.2) is 0 Å². The first kappa shape index (κ1) is 18.6. The Labute approximate surface area is 142 Å². The van der Waals surface area contributed by atoms with Crippen molar-refractivity contribution in [3.8, 4) is 0 Å². The average molecular weight is 352 g/mol. The maximum atomic E-state index is 11.8. The lowest BCUT2D eigenvalue weighted by Crippen LogP contribution is -2.46. The van der Waals surface area contributed by atoms with Crippen LogP contribution in [-0.4, -0.2) is 29.9 Å². The molecule has 1 aromatic carbocycles.